The monoisotopic (exact) mass is 358 g/mol. The standard InChI is InChI=1S/C18H22N4O4/c1-12-10-19-17(23)7-8-22(12)18(24)14-9-13(20-21-14)11-26-16-6-4-3-5-15(16)25-2/h3-6,9,12H,7-8,10-11H2,1-2H3,(H,19,23)(H,20,21)/t12-/m1/s1. The van der Waals surface area contributed by atoms with Crippen molar-refractivity contribution in [1.82, 2.24) is 20.4 Å². The minimum atomic E-state index is -0.200. The number of benzene rings is 1. The van der Waals surface area contributed by atoms with Gasteiger partial charge >= 0.3 is 0 Å². The van der Waals surface area contributed by atoms with E-state index in [9.17, 15) is 9.59 Å². The van der Waals surface area contributed by atoms with Crippen LogP contribution >= 0.6 is 0 Å². The summed E-state index contributed by atoms with van der Waals surface area (Å²) in [7, 11) is 1.58. The van der Waals surface area contributed by atoms with Crippen molar-refractivity contribution in [2.24, 2.45) is 0 Å². The fraction of sp³-hybridized carbons (Fsp3) is 0.389. The maximum atomic E-state index is 12.7. The predicted molar refractivity (Wildman–Crippen MR) is 94.0 cm³/mol. The smallest absolute Gasteiger partial charge is 0.274 e. The molecular weight excluding hydrogens is 336 g/mol. The molecule has 0 radical (unpaired) electrons. The van der Waals surface area contributed by atoms with Gasteiger partial charge < -0.3 is 19.7 Å². The van der Waals surface area contributed by atoms with Gasteiger partial charge in [-0.05, 0) is 25.1 Å². The molecule has 2 heterocycles. The van der Waals surface area contributed by atoms with Crippen LogP contribution in [-0.4, -0.2) is 53.2 Å². The third kappa shape index (κ3) is 3.96. The number of nitrogens with one attached hydrogen (secondary N) is 2. The molecule has 1 aliphatic rings. The van der Waals surface area contributed by atoms with Crippen molar-refractivity contribution in [3.8, 4) is 11.5 Å². The molecule has 1 aliphatic heterocycles. The molecule has 0 spiro atoms. The molecule has 0 saturated carbocycles. The third-order valence-corrected chi connectivity index (χ3v) is 4.27. The molecule has 1 aromatic heterocycles. The molecule has 1 fully saturated rings. The predicted octanol–water partition coefficient (Wildman–Crippen LogP) is 1.35. The van der Waals surface area contributed by atoms with Crippen molar-refractivity contribution in [3.63, 3.8) is 0 Å². The molecule has 8 heteroatoms. The highest BCUT2D eigenvalue weighted by atomic mass is 16.5. The van der Waals surface area contributed by atoms with Crippen molar-refractivity contribution in [2.45, 2.75) is 26.0 Å². The number of aromatic nitrogens is 2. The number of para-hydroxylation sites is 2. The summed E-state index contributed by atoms with van der Waals surface area (Å²) in [5, 5.41) is 9.72. The Balaban J connectivity index is 1.65. The van der Waals surface area contributed by atoms with Crippen LogP contribution in [0.3, 0.4) is 0 Å². The number of nitrogens with zero attached hydrogens (tertiary/aromatic N) is 2. The van der Waals surface area contributed by atoms with E-state index in [1.807, 2.05) is 31.2 Å². The zero-order valence-electron chi connectivity index (χ0n) is 14.8. The van der Waals surface area contributed by atoms with Crippen molar-refractivity contribution in [3.05, 3.63) is 41.7 Å². The van der Waals surface area contributed by atoms with Gasteiger partial charge in [-0.3, -0.25) is 14.7 Å². The normalized spacial score (nSPS) is 17.4. The first-order chi connectivity index (χ1) is 12.6. The Morgan fingerprint density at radius 3 is 2.88 bits per heavy atom. The van der Waals surface area contributed by atoms with E-state index in [1.54, 1.807) is 18.1 Å². The summed E-state index contributed by atoms with van der Waals surface area (Å²) in [4.78, 5) is 25.9. The number of hydrogen-bond acceptors (Lipinski definition) is 5. The van der Waals surface area contributed by atoms with E-state index in [2.05, 4.69) is 15.5 Å². The Labute approximate surface area is 151 Å². The van der Waals surface area contributed by atoms with Gasteiger partial charge in [-0.25, -0.2) is 0 Å². The average molecular weight is 358 g/mol. The Morgan fingerprint density at radius 2 is 2.12 bits per heavy atom. The van der Waals surface area contributed by atoms with Gasteiger partial charge in [-0.1, -0.05) is 12.1 Å². The Hall–Kier alpha value is -3.03. The van der Waals surface area contributed by atoms with Crippen molar-refractivity contribution in [2.75, 3.05) is 20.2 Å². The number of methoxy groups -OCH3 is 1. The lowest BCUT2D eigenvalue weighted by Crippen LogP contribution is -2.42. The maximum absolute atomic E-state index is 12.7. The average Bonchev–Trinajstić information content (AvgIpc) is 3.07. The van der Waals surface area contributed by atoms with Gasteiger partial charge in [0.05, 0.1) is 12.8 Å². The maximum Gasteiger partial charge on any atom is 0.274 e. The van der Waals surface area contributed by atoms with Crippen LogP contribution in [0.2, 0.25) is 0 Å². The van der Waals surface area contributed by atoms with E-state index in [0.717, 1.165) is 0 Å². The number of aromatic amines is 1. The number of rotatable bonds is 5. The molecule has 8 nitrogen and oxygen atoms in total. The molecule has 1 aromatic carbocycles. The highest BCUT2D eigenvalue weighted by Gasteiger charge is 2.26. The zero-order valence-corrected chi connectivity index (χ0v) is 14.8. The first kappa shape index (κ1) is 17.8. The van der Waals surface area contributed by atoms with Gasteiger partial charge in [-0.15, -0.1) is 0 Å². The van der Waals surface area contributed by atoms with Gasteiger partial charge in [-0.2, -0.15) is 5.10 Å². The second-order valence-corrected chi connectivity index (χ2v) is 6.12. The summed E-state index contributed by atoms with van der Waals surface area (Å²) < 4.78 is 11.0. The Bertz CT molecular complexity index is 789. The molecule has 2 N–H and O–H groups in total. The summed E-state index contributed by atoms with van der Waals surface area (Å²) in [6.07, 6.45) is 0.296. The molecule has 26 heavy (non-hydrogen) atoms. The number of amides is 2. The summed E-state index contributed by atoms with van der Waals surface area (Å²) in [5.41, 5.74) is 0.987. The summed E-state index contributed by atoms with van der Waals surface area (Å²) in [6, 6.07) is 8.93. The van der Waals surface area contributed by atoms with Gasteiger partial charge in [0.25, 0.3) is 5.91 Å². The van der Waals surface area contributed by atoms with Crippen LogP contribution in [0.5, 0.6) is 11.5 Å². The second-order valence-electron chi connectivity index (χ2n) is 6.12. The molecule has 2 aromatic rings. The van der Waals surface area contributed by atoms with Crippen LogP contribution in [0.15, 0.2) is 30.3 Å². The lowest BCUT2D eigenvalue weighted by Gasteiger charge is -2.25. The number of ether oxygens (including phenoxy) is 2. The number of carbonyl (C=O) groups is 2. The van der Waals surface area contributed by atoms with Crippen molar-refractivity contribution < 1.29 is 19.1 Å². The Kier molecular flexibility index (Phi) is 5.40. The van der Waals surface area contributed by atoms with Gasteiger partial charge in [0, 0.05) is 25.6 Å². The molecule has 1 atom stereocenters. The third-order valence-electron chi connectivity index (χ3n) is 4.27. The van der Waals surface area contributed by atoms with Gasteiger partial charge in [0.1, 0.15) is 6.61 Å². The molecule has 0 aliphatic carbocycles. The van der Waals surface area contributed by atoms with Crippen molar-refractivity contribution >= 4 is 11.8 Å². The van der Waals surface area contributed by atoms with E-state index in [1.165, 1.54) is 0 Å². The number of H-pyrrole nitrogens is 1. The first-order valence-corrected chi connectivity index (χ1v) is 8.46. The van der Waals surface area contributed by atoms with Crippen LogP contribution in [0.1, 0.15) is 29.5 Å². The highest BCUT2D eigenvalue weighted by Crippen LogP contribution is 2.26. The second kappa shape index (κ2) is 7.90. The summed E-state index contributed by atoms with van der Waals surface area (Å²) in [6.45, 7) is 2.96. The van der Waals surface area contributed by atoms with E-state index >= 15 is 0 Å². The number of hydrogen-bond donors (Lipinski definition) is 2. The first-order valence-electron chi connectivity index (χ1n) is 8.46. The minimum Gasteiger partial charge on any atom is -0.493 e. The van der Waals surface area contributed by atoms with Gasteiger partial charge in [0.15, 0.2) is 17.2 Å². The molecule has 0 bridgehead atoms. The SMILES string of the molecule is COc1ccccc1OCc1cc(C(=O)N2CCC(=O)NC[C@H]2C)n[nH]1. The molecule has 138 valence electrons. The van der Waals surface area contributed by atoms with Crippen LogP contribution < -0.4 is 14.8 Å². The Morgan fingerprint density at radius 1 is 1.35 bits per heavy atom. The molecule has 3 rings (SSSR count). The quantitative estimate of drug-likeness (QED) is 0.841. The zero-order chi connectivity index (χ0) is 18.5. The molecular formula is C18H22N4O4. The van der Waals surface area contributed by atoms with Crippen LogP contribution in [0, 0.1) is 0 Å². The van der Waals surface area contributed by atoms with Gasteiger partial charge in [0.2, 0.25) is 5.91 Å². The topological polar surface area (TPSA) is 96.6 Å². The largest absolute Gasteiger partial charge is 0.493 e. The molecule has 1 saturated heterocycles. The summed E-state index contributed by atoms with van der Waals surface area (Å²) >= 11 is 0. The van der Waals surface area contributed by atoms with Crippen LogP contribution in [0.4, 0.5) is 0 Å². The number of carbonyl (C=O) groups excluding carboxylic acids is 2. The van der Waals surface area contributed by atoms with Crippen LogP contribution in [-0.2, 0) is 11.4 Å². The van der Waals surface area contributed by atoms with Crippen LogP contribution in [0.25, 0.3) is 0 Å². The molecule has 0 unspecified atom stereocenters. The molecule has 2 amide bonds. The van der Waals surface area contributed by atoms with E-state index in [-0.39, 0.29) is 24.5 Å². The fourth-order valence-corrected chi connectivity index (χ4v) is 2.79. The summed E-state index contributed by atoms with van der Waals surface area (Å²) in [5.74, 6) is 1.01. The van der Waals surface area contributed by atoms with E-state index in [0.29, 0.717) is 42.4 Å². The minimum absolute atomic E-state index is 0.0416. The van der Waals surface area contributed by atoms with E-state index in [4.69, 9.17) is 9.47 Å². The fourth-order valence-electron chi connectivity index (χ4n) is 2.79. The van der Waals surface area contributed by atoms with E-state index < -0.39 is 0 Å². The van der Waals surface area contributed by atoms with Crippen molar-refractivity contribution in [1.29, 1.82) is 0 Å². The lowest BCUT2D eigenvalue weighted by molar-refractivity contribution is -0.120. The lowest BCUT2D eigenvalue weighted by atomic mass is 10.2. The highest BCUT2D eigenvalue weighted by molar-refractivity contribution is 5.93.